The van der Waals surface area contributed by atoms with Crippen LogP contribution in [0.3, 0.4) is 0 Å². The summed E-state index contributed by atoms with van der Waals surface area (Å²) in [6.07, 6.45) is -1.29. The SMILES string of the molecule is CN(C(=O)CNC(=O)[C@@H](CC(N)=O)NC(=O)OC(C)(C)C)[C@@H](Cc1ccccc1)C(=O)NNC(N)=S. The van der Waals surface area contributed by atoms with Gasteiger partial charge in [-0.15, -0.1) is 0 Å². The van der Waals surface area contributed by atoms with Crippen LogP contribution in [-0.2, 0) is 30.3 Å². The molecular formula is C22H33N7O6S. The molecule has 14 heteroatoms. The number of nitrogens with zero attached hydrogens (tertiary/aromatic N) is 1. The molecule has 0 bridgehead atoms. The minimum absolute atomic E-state index is 0.159. The molecule has 1 aromatic carbocycles. The van der Waals surface area contributed by atoms with E-state index in [-0.39, 0.29) is 11.5 Å². The van der Waals surface area contributed by atoms with Gasteiger partial charge < -0.3 is 31.7 Å². The van der Waals surface area contributed by atoms with Gasteiger partial charge in [0.25, 0.3) is 5.91 Å². The van der Waals surface area contributed by atoms with Crippen molar-refractivity contribution in [3.8, 4) is 0 Å². The van der Waals surface area contributed by atoms with Gasteiger partial charge in [-0.05, 0) is 38.6 Å². The molecule has 1 rings (SSSR count). The standard InChI is InChI=1S/C22H33N7O6S/c1-22(2,3)35-21(34)26-14(11-16(23)30)18(32)25-12-17(31)29(4)15(19(33)27-28-20(24)36)10-13-8-6-5-7-9-13/h5-9,14-15H,10-12H2,1-4H3,(H2,23,30)(H,25,32)(H,26,34)(H,27,33)(H3,24,28,36)/t14-,15+/m1/s1. The highest BCUT2D eigenvalue weighted by molar-refractivity contribution is 7.80. The highest BCUT2D eigenvalue weighted by Crippen LogP contribution is 2.09. The summed E-state index contributed by atoms with van der Waals surface area (Å²) in [4.78, 5) is 62.7. The van der Waals surface area contributed by atoms with E-state index in [1.165, 1.54) is 7.05 Å². The molecule has 5 amide bonds. The monoisotopic (exact) mass is 523 g/mol. The third-order valence-corrected chi connectivity index (χ3v) is 4.67. The largest absolute Gasteiger partial charge is 0.444 e. The van der Waals surface area contributed by atoms with Crippen molar-refractivity contribution >= 4 is 47.1 Å². The van der Waals surface area contributed by atoms with Crippen LogP contribution in [0.2, 0.25) is 0 Å². The summed E-state index contributed by atoms with van der Waals surface area (Å²) in [5.41, 5.74) is 15.1. The van der Waals surface area contributed by atoms with E-state index in [9.17, 15) is 24.0 Å². The number of hydrazine groups is 1. The molecule has 0 fully saturated rings. The van der Waals surface area contributed by atoms with Crippen molar-refractivity contribution in [1.29, 1.82) is 0 Å². The second kappa shape index (κ2) is 13.8. The third kappa shape index (κ3) is 11.5. The van der Waals surface area contributed by atoms with E-state index in [0.717, 1.165) is 10.5 Å². The minimum atomic E-state index is -1.37. The number of carbonyl (C=O) groups is 5. The molecule has 0 aliphatic carbocycles. The Morgan fingerprint density at radius 3 is 2.17 bits per heavy atom. The number of nitrogens with two attached hydrogens (primary N) is 2. The van der Waals surface area contributed by atoms with E-state index in [1.807, 2.05) is 6.07 Å². The fourth-order valence-electron chi connectivity index (χ4n) is 2.89. The van der Waals surface area contributed by atoms with E-state index in [0.29, 0.717) is 0 Å². The number of alkyl carbamates (subject to hydrolysis) is 1. The second-order valence-corrected chi connectivity index (χ2v) is 9.22. The van der Waals surface area contributed by atoms with Gasteiger partial charge in [0.2, 0.25) is 17.7 Å². The van der Waals surface area contributed by atoms with Gasteiger partial charge in [0, 0.05) is 13.5 Å². The Morgan fingerprint density at radius 2 is 1.64 bits per heavy atom. The Labute approximate surface area is 214 Å². The summed E-state index contributed by atoms with van der Waals surface area (Å²) in [6, 6.07) is 6.61. The summed E-state index contributed by atoms with van der Waals surface area (Å²) >= 11 is 4.68. The molecule has 1 aromatic rings. The molecule has 0 saturated carbocycles. The van der Waals surface area contributed by atoms with Crippen LogP contribution in [0.5, 0.6) is 0 Å². The number of primary amides is 1. The van der Waals surface area contributed by atoms with E-state index in [1.54, 1.807) is 45.0 Å². The first-order valence-electron chi connectivity index (χ1n) is 10.9. The zero-order chi connectivity index (χ0) is 27.5. The number of nitrogens with one attached hydrogen (secondary N) is 4. The third-order valence-electron chi connectivity index (χ3n) is 4.57. The number of hydrogen-bond donors (Lipinski definition) is 6. The lowest BCUT2D eigenvalue weighted by Gasteiger charge is -2.28. The maximum atomic E-state index is 12.8. The van der Waals surface area contributed by atoms with E-state index >= 15 is 0 Å². The van der Waals surface area contributed by atoms with E-state index < -0.39 is 60.4 Å². The van der Waals surface area contributed by atoms with E-state index in [4.69, 9.17) is 16.2 Å². The first kappa shape index (κ1) is 30.1. The Bertz CT molecular complexity index is 967. The van der Waals surface area contributed by atoms with Crippen LogP contribution >= 0.6 is 12.2 Å². The number of amides is 5. The van der Waals surface area contributed by atoms with Crippen molar-refractivity contribution in [2.24, 2.45) is 11.5 Å². The van der Waals surface area contributed by atoms with Gasteiger partial charge in [-0.25, -0.2) is 4.79 Å². The smallest absolute Gasteiger partial charge is 0.408 e. The quantitative estimate of drug-likeness (QED) is 0.161. The Hall–Kier alpha value is -3.94. The Morgan fingerprint density at radius 1 is 1.03 bits per heavy atom. The van der Waals surface area contributed by atoms with Crippen LogP contribution in [0.25, 0.3) is 0 Å². The lowest BCUT2D eigenvalue weighted by molar-refractivity contribution is -0.139. The molecule has 0 radical (unpaired) electrons. The molecule has 0 aliphatic heterocycles. The van der Waals surface area contributed by atoms with Gasteiger partial charge in [-0.2, -0.15) is 0 Å². The van der Waals surface area contributed by atoms with Gasteiger partial charge in [-0.3, -0.25) is 30.0 Å². The van der Waals surface area contributed by atoms with Crippen LogP contribution in [0.15, 0.2) is 30.3 Å². The van der Waals surface area contributed by atoms with Crippen molar-refractivity contribution in [1.82, 2.24) is 26.4 Å². The van der Waals surface area contributed by atoms with Gasteiger partial charge in [-0.1, -0.05) is 30.3 Å². The zero-order valence-electron chi connectivity index (χ0n) is 20.6. The van der Waals surface area contributed by atoms with Crippen molar-refractivity contribution in [3.63, 3.8) is 0 Å². The summed E-state index contributed by atoms with van der Waals surface area (Å²) < 4.78 is 5.09. The molecule has 0 unspecified atom stereocenters. The van der Waals surface area contributed by atoms with Crippen LogP contribution in [0, 0.1) is 0 Å². The fraction of sp³-hybridized carbons (Fsp3) is 0.455. The van der Waals surface area contributed by atoms with Crippen LogP contribution < -0.4 is 33.0 Å². The molecule has 198 valence electrons. The van der Waals surface area contributed by atoms with Crippen LogP contribution in [-0.4, -0.2) is 71.0 Å². The van der Waals surface area contributed by atoms with Gasteiger partial charge in [0.1, 0.15) is 17.7 Å². The molecule has 36 heavy (non-hydrogen) atoms. The molecule has 0 saturated heterocycles. The van der Waals surface area contributed by atoms with Crippen molar-refractivity contribution in [3.05, 3.63) is 35.9 Å². The maximum Gasteiger partial charge on any atom is 0.408 e. The molecule has 13 nitrogen and oxygen atoms in total. The maximum absolute atomic E-state index is 12.8. The second-order valence-electron chi connectivity index (χ2n) is 8.78. The first-order valence-corrected chi connectivity index (χ1v) is 11.3. The van der Waals surface area contributed by atoms with Crippen LogP contribution in [0.1, 0.15) is 32.8 Å². The Balaban J connectivity index is 2.89. The van der Waals surface area contributed by atoms with Crippen molar-refractivity contribution in [2.75, 3.05) is 13.6 Å². The predicted octanol–water partition coefficient (Wildman–Crippen LogP) is -1.19. The lowest BCUT2D eigenvalue weighted by atomic mass is 10.0. The van der Waals surface area contributed by atoms with Crippen LogP contribution in [0.4, 0.5) is 4.79 Å². The molecule has 2 atom stereocenters. The highest BCUT2D eigenvalue weighted by Gasteiger charge is 2.29. The molecule has 0 aromatic heterocycles. The van der Waals surface area contributed by atoms with Gasteiger partial charge >= 0.3 is 6.09 Å². The number of benzene rings is 1. The molecular weight excluding hydrogens is 490 g/mol. The summed E-state index contributed by atoms with van der Waals surface area (Å²) in [6.45, 7) is 4.36. The molecule has 0 spiro atoms. The average molecular weight is 524 g/mol. The van der Waals surface area contributed by atoms with Gasteiger partial charge in [0.05, 0.1) is 13.0 Å². The number of carbonyl (C=O) groups excluding carboxylic acids is 5. The minimum Gasteiger partial charge on any atom is -0.444 e. The number of hydrogen-bond acceptors (Lipinski definition) is 7. The summed E-state index contributed by atoms with van der Waals surface area (Å²) in [7, 11) is 1.39. The fourth-order valence-corrected chi connectivity index (χ4v) is 2.95. The number of rotatable bonds is 10. The number of thiocarbonyl (C=S) groups is 1. The van der Waals surface area contributed by atoms with Crippen molar-refractivity contribution in [2.45, 2.75) is 51.3 Å². The molecule has 0 aliphatic rings. The topological polar surface area (TPSA) is 198 Å². The normalized spacial score (nSPS) is 12.3. The zero-order valence-corrected chi connectivity index (χ0v) is 21.4. The Kier molecular flexibility index (Phi) is 11.6. The first-order chi connectivity index (χ1) is 16.7. The summed E-state index contributed by atoms with van der Waals surface area (Å²) in [5.74, 6) is -2.89. The number of ether oxygens (including phenoxy) is 1. The number of likely N-dealkylation sites (N-methyl/N-ethyl adjacent to an activating group) is 1. The molecule has 8 N–H and O–H groups in total. The highest BCUT2D eigenvalue weighted by atomic mass is 32.1. The lowest BCUT2D eigenvalue weighted by Crippen LogP contribution is -2.56. The average Bonchev–Trinajstić information content (AvgIpc) is 2.77. The van der Waals surface area contributed by atoms with Gasteiger partial charge in [0.15, 0.2) is 5.11 Å². The summed E-state index contributed by atoms with van der Waals surface area (Å²) in [5, 5.41) is 4.45. The van der Waals surface area contributed by atoms with Crippen molar-refractivity contribution < 1.29 is 28.7 Å². The van der Waals surface area contributed by atoms with E-state index in [2.05, 4.69) is 33.7 Å². The predicted molar refractivity (Wildman–Crippen MR) is 135 cm³/mol. The molecule has 0 heterocycles.